The Morgan fingerprint density at radius 1 is 1.18 bits per heavy atom. The van der Waals surface area contributed by atoms with E-state index < -0.39 is 5.25 Å². The van der Waals surface area contributed by atoms with Crippen LogP contribution in [0.1, 0.15) is 20.3 Å². The minimum atomic E-state index is -0.469. The van der Waals surface area contributed by atoms with Gasteiger partial charge in [-0.1, -0.05) is 55.9 Å². The van der Waals surface area contributed by atoms with Gasteiger partial charge in [0.2, 0.25) is 11.8 Å². The number of amidine groups is 1. The van der Waals surface area contributed by atoms with E-state index in [1.807, 2.05) is 54.6 Å². The predicted octanol–water partition coefficient (Wildman–Crippen LogP) is 5.07. The number of thioether (sulfide) groups is 1. The van der Waals surface area contributed by atoms with Crippen LogP contribution in [-0.4, -0.2) is 33.7 Å². The van der Waals surface area contributed by atoms with Crippen molar-refractivity contribution in [3.05, 3.63) is 59.1 Å². The van der Waals surface area contributed by atoms with Crippen molar-refractivity contribution in [2.75, 3.05) is 11.9 Å². The van der Waals surface area contributed by atoms with Gasteiger partial charge in [0.25, 0.3) is 0 Å². The Kier molecular flexibility index (Phi) is 6.91. The van der Waals surface area contributed by atoms with Crippen LogP contribution in [0.4, 0.5) is 11.4 Å². The van der Waals surface area contributed by atoms with Crippen molar-refractivity contribution < 1.29 is 9.59 Å². The Bertz CT molecular complexity index is 886. The molecule has 2 aromatic rings. The number of para-hydroxylation sites is 2. The summed E-state index contributed by atoms with van der Waals surface area (Å²) in [6.07, 6.45) is 0.104. The van der Waals surface area contributed by atoms with Gasteiger partial charge in [0, 0.05) is 17.4 Å². The van der Waals surface area contributed by atoms with E-state index in [-0.39, 0.29) is 18.2 Å². The third-order valence-corrected chi connectivity index (χ3v) is 5.93. The van der Waals surface area contributed by atoms with Crippen molar-refractivity contribution in [1.82, 2.24) is 4.90 Å². The number of halogens is 1. The molecule has 5 nitrogen and oxygen atoms in total. The largest absolute Gasteiger partial charge is 0.325 e. The number of hydrogen-bond donors (Lipinski definition) is 1. The number of rotatable bonds is 6. The number of benzene rings is 2. The van der Waals surface area contributed by atoms with Crippen LogP contribution < -0.4 is 5.32 Å². The summed E-state index contributed by atoms with van der Waals surface area (Å²) in [6.45, 7) is 4.70. The lowest BCUT2D eigenvalue weighted by Gasteiger charge is -2.18. The van der Waals surface area contributed by atoms with Crippen LogP contribution in [0.2, 0.25) is 0 Å². The molecule has 0 bridgehead atoms. The zero-order chi connectivity index (χ0) is 20.1. The molecule has 1 saturated heterocycles. The van der Waals surface area contributed by atoms with Crippen LogP contribution in [0.15, 0.2) is 64.1 Å². The average molecular weight is 460 g/mol. The summed E-state index contributed by atoms with van der Waals surface area (Å²) in [5.41, 5.74) is 1.49. The van der Waals surface area contributed by atoms with Gasteiger partial charge in [0.1, 0.15) is 5.25 Å². The summed E-state index contributed by atoms with van der Waals surface area (Å²) >= 11 is 4.78. The third kappa shape index (κ3) is 5.23. The number of amides is 2. The molecule has 7 heteroatoms. The second kappa shape index (κ2) is 9.39. The van der Waals surface area contributed by atoms with E-state index in [2.05, 4.69) is 40.1 Å². The van der Waals surface area contributed by atoms with Crippen molar-refractivity contribution >= 4 is 56.0 Å². The monoisotopic (exact) mass is 459 g/mol. The Labute approximate surface area is 177 Å². The number of anilines is 1. The fourth-order valence-corrected chi connectivity index (χ4v) is 4.35. The zero-order valence-corrected chi connectivity index (χ0v) is 18.2. The second-order valence-electron chi connectivity index (χ2n) is 6.91. The summed E-state index contributed by atoms with van der Waals surface area (Å²) in [6, 6.07) is 17.0. The van der Waals surface area contributed by atoms with Crippen molar-refractivity contribution in [1.29, 1.82) is 0 Å². The molecule has 1 aliphatic heterocycles. The molecule has 1 N–H and O–H groups in total. The van der Waals surface area contributed by atoms with E-state index >= 15 is 0 Å². The Morgan fingerprint density at radius 2 is 1.86 bits per heavy atom. The van der Waals surface area contributed by atoms with Gasteiger partial charge in [-0.05, 0) is 46.1 Å². The highest BCUT2D eigenvalue weighted by Crippen LogP contribution is 2.32. The van der Waals surface area contributed by atoms with E-state index in [9.17, 15) is 9.59 Å². The molecule has 0 aromatic heterocycles. The molecule has 0 spiro atoms. The number of carbonyl (C=O) groups excluding carboxylic acids is 2. The maximum absolute atomic E-state index is 12.9. The minimum Gasteiger partial charge on any atom is -0.325 e. The highest BCUT2D eigenvalue weighted by molar-refractivity contribution is 9.10. The van der Waals surface area contributed by atoms with Crippen LogP contribution in [0.25, 0.3) is 0 Å². The number of aliphatic imine (C=N–C) groups is 1. The van der Waals surface area contributed by atoms with Crippen LogP contribution in [0, 0.1) is 5.92 Å². The van der Waals surface area contributed by atoms with E-state index in [1.165, 1.54) is 11.8 Å². The molecule has 1 fully saturated rings. The van der Waals surface area contributed by atoms with Crippen LogP contribution >= 0.6 is 27.7 Å². The lowest BCUT2D eigenvalue weighted by molar-refractivity contribution is -0.128. The minimum absolute atomic E-state index is 0.0596. The lowest BCUT2D eigenvalue weighted by atomic mass is 10.2. The number of hydrogen-bond acceptors (Lipinski definition) is 4. The van der Waals surface area contributed by atoms with Gasteiger partial charge in [-0.25, -0.2) is 4.99 Å². The molecule has 0 aliphatic carbocycles. The van der Waals surface area contributed by atoms with Crippen molar-refractivity contribution in [3.63, 3.8) is 0 Å². The van der Waals surface area contributed by atoms with Gasteiger partial charge in [-0.3, -0.25) is 14.5 Å². The summed E-state index contributed by atoms with van der Waals surface area (Å²) in [5.74, 6) is 0.0530. The smallest absolute Gasteiger partial charge is 0.242 e. The fourth-order valence-electron chi connectivity index (χ4n) is 2.80. The summed E-state index contributed by atoms with van der Waals surface area (Å²) in [7, 11) is 0. The molecule has 0 saturated carbocycles. The van der Waals surface area contributed by atoms with Crippen molar-refractivity contribution in [2.24, 2.45) is 10.9 Å². The van der Waals surface area contributed by atoms with E-state index in [0.717, 1.165) is 10.2 Å². The average Bonchev–Trinajstić information content (AvgIpc) is 2.93. The molecule has 2 aromatic carbocycles. The van der Waals surface area contributed by atoms with Gasteiger partial charge in [-0.2, -0.15) is 0 Å². The van der Waals surface area contributed by atoms with E-state index in [4.69, 9.17) is 0 Å². The van der Waals surface area contributed by atoms with Crippen molar-refractivity contribution in [3.8, 4) is 0 Å². The quantitative estimate of drug-likeness (QED) is 0.655. The summed E-state index contributed by atoms with van der Waals surface area (Å²) in [4.78, 5) is 31.8. The first-order valence-corrected chi connectivity index (χ1v) is 10.8. The molecule has 28 heavy (non-hydrogen) atoms. The topological polar surface area (TPSA) is 61.8 Å². The first-order valence-electron chi connectivity index (χ1n) is 9.10. The van der Waals surface area contributed by atoms with Gasteiger partial charge >= 0.3 is 0 Å². The van der Waals surface area contributed by atoms with Gasteiger partial charge < -0.3 is 5.32 Å². The van der Waals surface area contributed by atoms with Crippen LogP contribution in [0.3, 0.4) is 0 Å². The lowest BCUT2D eigenvalue weighted by Crippen LogP contribution is -2.36. The Hall–Kier alpha value is -2.12. The second-order valence-corrected chi connectivity index (χ2v) is 8.94. The first-order chi connectivity index (χ1) is 13.4. The van der Waals surface area contributed by atoms with Crippen LogP contribution in [-0.2, 0) is 9.59 Å². The molecule has 1 atom stereocenters. The fraction of sp³-hybridized carbons (Fsp3) is 0.286. The summed E-state index contributed by atoms with van der Waals surface area (Å²) in [5, 5.41) is 3.06. The van der Waals surface area contributed by atoms with Crippen molar-refractivity contribution in [2.45, 2.75) is 25.5 Å². The molecule has 3 rings (SSSR count). The first kappa shape index (κ1) is 20.6. The molecule has 146 valence electrons. The van der Waals surface area contributed by atoms with Gasteiger partial charge in [-0.15, -0.1) is 0 Å². The molecule has 2 amide bonds. The molecule has 0 radical (unpaired) electrons. The van der Waals surface area contributed by atoms with E-state index in [1.54, 1.807) is 4.90 Å². The zero-order valence-electron chi connectivity index (χ0n) is 15.8. The van der Waals surface area contributed by atoms with Crippen LogP contribution in [0.5, 0.6) is 0 Å². The third-order valence-electron chi connectivity index (χ3n) is 4.07. The standard InChI is InChI=1S/C21H22BrN3O2S/c1-14(2)13-25-20(27)18(28-21(25)23-15-8-4-3-5-9-15)12-19(26)24-17-11-7-6-10-16(17)22/h3-11,14,18H,12-13H2,1-2H3,(H,24,26). The van der Waals surface area contributed by atoms with Gasteiger partial charge in [0.05, 0.1) is 11.4 Å². The normalized spacial score (nSPS) is 18.1. The highest BCUT2D eigenvalue weighted by Gasteiger charge is 2.39. The maximum Gasteiger partial charge on any atom is 0.242 e. The predicted molar refractivity (Wildman–Crippen MR) is 119 cm³/mol. The Balaban J connectivity index is 1.74. The molecule has 1 unspecified atom stereocenters. The van der Waals surface area contributed by atoms with Gasteiger partial charge in [0.15, 0.2) is 5.17 Å². The maximum atomic E-state index is 12.9. The number of nitrogens with zero attached hydrogens (tertiary/aromatic N) is 2. The number of carbonyl (C=O) groups is 2. The summed E-state index contributed by atoms with van der Waals surface area (Å²) < 4.78 is 0.807. The molecule has 1 aliphatic rings. The molecular formula is C21H22BrN3O2S. The highest BCUT2D eigenvalue weighted by atomic mass is 79.9. The Morgan fingerprint density at radius 3 is 2.54 bits per heavy atom. The SMILES string of the molecule is CC(C)CN1C(=O)C(CC(=O)Nc2ccccc2Br)SC1=Nc1ccccc1. The number of nitrogens with one attached hydrogen (secondary N) is 1. The molecular weight excluding hydrogens is 438 g/mol. The van der Waals surface area contributed by atoms with E-state index in [0.29, 0.717) is 23.3 Å². The molecule has 1 heterocycles.